The molecule has 164 valence electrons. The number of fused-ring (bicyclic) bond motifs is 1. The van der Waals surface area contributed by atoms with Gasteiger partial charge >= 0.3 is 0 Å². The number of thiazole rings is 1. The zero-order chi connectivity index (χ0) is 22.7. The average Bonchev–Trinajstić information content (AvgIpc) is 3.28. The molecule has 4 rings (SSSR count). The summed E-state index contributed by atoms with van der Waals surface area (Å²) in [6.07, 6.45) is 0. The normalized spacial score (nSPS) is 11.1. The highest BCUT2D eigenvalue weighted by Gasteiger charge is 2.23. The number of aromatic amines is 1. The Hall–Kier alpha value is -3.52. The van der Waals surface area contributed by atoms with Crippen molar-refractivity contribution in [3.05, 3.63) is 75.8 Å². The van der Waals surface area contributed by atoms with Crippen molar-refractivity contribution in [2.24, 2.45) is 0 Å². The van der Waals surface area contributed by atoms with E-state index in [1.165, 1.54) is 11.3 Å². The molecule has 2 heterocycles. The van der Waals surface area contributed by atoms with Gasteiger partial charge in [-0.05, 0) is 57.2 Å². The number of para-hydroxylation sites is 1. The van der Waals surface area contributed by atoms with Gasteiger partial charge in [-0.25, -0.2) is 9.97 Å². The van der Waals surface area contributed by atoms with E-state index in [0.29, 0.717) is 29.0 Å². The molecule has 4 aromatic rings. The van der Waals surface area contributed by atoms with E-state index in [4.69, 9.17) is 4.74 Å². The van der Waals surface area contributed by atoms with Crippen molar-refractivity contribution in [3.63, 3.8) is 0 Å². The number of ether oxygens (including phenoxy) is 1. The number of carbonyl (C=O) groups excluding carboxylic acids is 1. The maximum atomic E-state index is 13.3. The third-order valence-electron chi connectivity index (χ3n) is 5.00. The fourth-order valence-corrected chi connectivity index (χ4v) is 4.17. The Labute approximate surface area is 189 Å². The predicted octanol–water partition coefficient (Wildman–Crippen LogP) is 4.50. The first-order chi connectivity index (χ1) is 15.5. The SMILES string of the molecule is CCOc1ccc(-c2nc(C(=O)N(Cc3nc4ccccc4c(=O)[nH]3)C(C)C)cs2)cc1. The second-order valence-corrected chi connectivity index (χ2v) is 8.41. The van der Waals surface area contributed by atoms with Crippen LogP contribution >= 0.6 is 11.3 Å². The first-order valence-electron chi connectivity index (χ1n) is 10.4. The van der Waals surface area contributed by atoms with Crippen LogP contribution < -0.4 is 10.3 Å². The second-order valence-electron chi connectivity index (χ2n) is 7.55. The Kier molecular flexibility index (Phi) is 6.32. The summed E-state index contributed by atoms with van der Waals surface area (Å²) < 4.78 is 5.48. The molecule has 0 unspecified atom stereocenters. The Balaban J connectivity index is 1.57. The first-order valence-corrected chi connectivity index (χ1v) is 11.3. The van der Waals surface area contributed by atoms with E-state index >= 15 is 0 Å². The van der Waals surface area contributed by atoms with E-state index in [-0.39, 0.29) is 24.1 Å². The number of hydrogen-bond acceptors (Lipinski definition) is 6. The minimum atomic E-state index is -0.215. The molecule has 0 aliphatic rings. The van der Waals surface area contributed by atoms with Gasteiger partial charge in [0.2, 0.25) is 0 Å². The molecule has 0 radical (unpaired) electrons. The van der Waals surface area contributed by atoms with Crippen molar-refractivity contribution in [2.75, 3.05) is 6.61 Å². The van der Waals surface area contributed by atoms with E-state index < -0.39 is 0 Å². The Morgan fingerprint density at radius 1 is 1.12 bits per heavy atom. The van der Waals surface area contributed by atoms with Gasteiger partial charge in [-0.15, -0.1) is 11.3 Å². The van der Waals surface area contributed by atoms with E-state index in [9.17, 15) is 9.59 Å². The minimum Gasteiger partial charge on any atom is -0.494 e. The number of aromatic nitrogens is 3. The molecule has 2 aromatic heterocycles. The van der Waals surface area contributed by atoms with Gasteiger partial charge in [0.25, 0.3) is 11.5 Å². The van der Waals surface area contributed by atoms with Crippen molar-refractivity contribution in [3.8, 4) is 16.3 Å². The molecule has 2 aromatic carbocycles. The third kappa shape index (κ3) is 4.55. The molecule has 7 nitrogen and oxygen atoms in total. The fraction of sp³-hybridized carbons (Fsp3) is 0.250. The van der Waals surface area contributed by atoms with Crippen LogP contribution in [0.3, 0.4) is 0 Å². The van der Waals surface area contributed by atoms with Crippen molar-refractivity contribution in [2.45, 2.75) is 33.4 Å². The lowest BCUT2D eigenvalue weighted by Gasteiger charge is -2.25. The summed E-state index contributed by atoms with van der Waals surface area (Å²) in [5.74, 6) is 1.04. The van der Waals surface area contributed by atoms with Gasteiger partial charge in [-0.1, -0.05) is 12.1 Å². The van der Waals surface area contributed by atoms with Crippen molar-refractivity contribution in [1.29, 1.82) is 0 Å². The summed E-state index contributed by atoms with van der Waals surface area (Å²) in [6, 6.07) is 14.7. The molecule has 0 fully saturated rings. The zero-order valence-electron chi connectivity index (χ0n) is 18.2. The monoisotopic (exact) mass is 448 g/mol. The van der Waals surface area contributed by atoms with Crippen LogP contribution in [-0.4, -0.2) is 38.4 Å². The van der Waals surface area contributed by atoms with E-state index in [1.54, 1.807) is 28.5 Å². The van der Waals surface area contributed by atoms with E-state index in [2.05, 4.69) is 15.0 Å². The molecular weight excluding hydrogens is 424 g/mol. The van der Waals surface area contributed by atoms with Crippen molar-refractivity contribution < 1.29 is 9.53 Å². The second kappa shape index (κ2) is 9.32. The standard InChI is InChI=1S/C24H24N4O3S/c1-4-31-17-11-9-16(10-12-17)23-26-20(14-32-23)24(30)28(15(2)3)13-21-25-19-8-6-5-7-18(19)22(29)27-21/h5-12,14-15H,4,13H2,1-3H3,(H,25,27,29). The van der Waals surface area contributed by atoms with Crippen LogP contribution in [0.15, 0.2) is 58.7 Å². The summed E-state index contributed by atoms with van der Waals surface area (Å²) in [5, 5.41) is 3.05. The number of benzene rings is 2. The van der Waals surface area contributed by atoms with Crippen LogP contribution in [0.25, 0.3) is 21.5 Å². The number of carbonyl (C=O) groups is 1. The molecule has 1 N–H and O–H groups in total. The lowest BCUT2D eigenvalue weighted by molar-refractivity contribution is 0.0680. The summed E-state index contributed by atoms with van der Waals surface area (Å²) in [7, 11) is 0. The summed E-state index contributed by atoms with van der Waals surface area (Å²) in [6.45, 7) is 6.59. The number of hydrogen-bond donors (Lipinski definition) is 1. The highest BCUT2D eigenvalue weighted by molar-refractivity contribution is 7.13. The smallest absolute Gasteiger partial charge is 0.273 e. The van der Waals surface area contributed by atoms with Crippen LogP contribution in [0.5, 0.6) is 5.75 Å². The van der Waals surface area contributed by atoms with Crippen LogP contribution in [0.1, 0.15) is 37.1 Å². The average molecular weight is 449 g/mol. The van der Waals surface area contributed by atoms with Gasteiger partial charge < -0.3 is 14.6 Å². The molecular formula is C24H24N4O3S. The Morgan fingerprint density at radius 3 is 2.59 bits per heavy atom. The number of rotatable bonds is 7. The number of H-pyrrole nitrogens is 1. The summed E-state index contributed by atoms with van der Waals surface area (Å²) >= 11 is 1.42. The van der Waals surface area contributed by atoms with Gasteiger partial charge in [-0.3, -0.25) is 9.59 Å². The van der Waals surface area contributed by atoms with E-state index in [1.807, 2.05) is 51.1 Å². The minimum absolute atomic E-state index is 0.102. The zero-order valence-corrected chi connectivity index (χ0v) is 19.0. The number of amides is 1. The van der Waals surface area contributed by atoms with Gasteiger partial charge in [-0.2, -0.15) is 0 Å². The highest BCUT2D eigenvalue weighted by Crippen LogP contribution is 2.26. The Bertz CT molecular complexity index is 1290. The van der Waals surface area contributed by atoms with Crippen molar-refractivity contribution in [1.82, 2.24) is 19.9 Å². The molecule has 0 aliphatic carbocycles. The lowest BCUT2D eigenvalue weighted by atomic mass is 10.2. The maximum Gasteiger partial charge on any atom is 0.273 e. The summed E-state index contributed by atoms with van der Waals surface area (Å²) in [4.78, 5) is 39.2. The first kappa shape index (κ1) is 21.7. The van der Waals surface area contributed by atoms with Crippen LogP contribution in [0.4, 0.5) is 0 Å². The fourth-order valence-electron chi connectivity index (χ4n) is 3.37. The molecule has 0 spiro atoms. The van der Waals surface area contributed by atoms with E-state index in [0.717, 1.165) is 16.3 Å². The van der Waals surface area contributed by atoms with Gasteiger partial charge in [0.05, 0.1) is 24.1 Å². The van der Waals surface area contributed by atoms with Gasteiger partial charge in [0, 0.05) is 17.0 Å². The van der Waals surface area contributed by atoms with Gasteiger partial charge in [0.15, 0.2) is 0 Å². The molecule has 0 saturated carbocycles. The number of nitrogens with one attached hydrogen (secondary N) is 1. The molecule has 0 bridgehead atoms. The van der Waals surface area contributed by atoms with Crippen molar-refractivity contribution >= 4 is 28.1 Å². The van der Waals surface area contributed by atoms with Crippen LogP contribution in [0.2, 0.25) is 0 Å². The highest BCUT2D eigenvalue weighted by atomic mass is 32.1. The molecule has 32 heavy (non-hydrogen) atoms. The predicted molar refractivity (Wildman–Crippen MR) is 126 cm³/mol. The molecule has 0 atom stereocenters. The third-order valence-corrected chi connectivity index (χ3v) is 5.89. The van der Waals surface area contributed by atoms with Crippen LogP contribution in [-0.2, 0) is 6.54 Å². The maximum absolute atomic E-state index is 13.3. The van der Waals surface area contributed by atoms with Gasteiger partial charge in [0.1, 0.15) is 22.3 Å². The number of nitrogens with zero attached hydrogens (tertiary/aromatic N) is 3. The lowest BCUT2D eigenvalue weighted by Crippen LogP contribution is -2.37. The Morgan fingerprint density at radius 2 is 1.88 bits per heavy atom. The molecule has 0 aliphatic heterocycles. The summed E-state index contributed by atoms with van der Waals surface area (Å²) in [5.41, 5.74) is 1.69. The molecule has 0 saturated heterocycles. The molecule has 8 heteroatoms. The molecule has 1 amide bonds. The van der Waals surface area contributed by atoms with Crippen LogP contribution in [0, 0.1) is 0 Å². The topological polar surface area (TPSA) is 88.2 Å². The largest absolute Gasteiger partial charge is 0.494 e. The quantitative estimate of drug-likeness (QED) is 0.450.